The highest BCUT2D eigenvalue weighted by molar-refractivity contribution is 6.30. The van der Waals surface area contributed by atoms with Crippen molar-refractivity contribution in [2.75, 3.05) is 6.61 Å². The summed E-state index contributed by atoms with van der Waals surface area (Å²) in [6.07, 6.45) is 0.516. The average Bonchev–Trinajstić information content (AvgIpc) is 2.67. The molecule has 0 aliphatic carbocycles. The Morgan fingerprint density at radius 1 is 1.11 bits per heavy atom. The van der Waals surface area contributed by atoms with Crippen molar-refractivity contribution in [3.63, 3.8) is 0 Å². The Morgan fingerprint density at radius 3 is 2.63 bits per heavy atom. The number of hydrogen-bond acceptors (Lipinski definition) is 6. The lowest BCUT2D eigenvalue weighted by molar-refractivity contribution is 0.103. The molecule has 0 N–H and O–H groups in total. The van der Waals surface area contributed by atoms with Gasteiger partial charge in [0, 0.05) is 10.6 Å². The quantitative estimate of drug-likeness (QED) is 0.546. The Kier molecular flexibility index (Phi) is 5.88. The van der Waals surface area contributed by atoms with Gasteiger partial charge in [-0.15, -0.1) is 0 Å². The Labute approximate surface area is 161 Å². The SMILES string of the molecule is CCOC(=O)Oc1cnc(-c2ccccc2)nc1Oc1cc(Cl)ccc1C. The third kappa shape index (κ3) is 4.74. The fraction of sp³-hybridized carbons (Fsp3) is 0.150. The van der Waals surface area contributed by atoms with Gasteiger partial charge in [0.1, 0.15) is 5.75 Å². The molecule has 138 valence electrons. The molecule has 0 saturated heterocycles. The van der Waals surface area contributed by atoms with Crippen LogP contribution in [0.1, 0.15) is 12.5 Å². The van der Waals surface area contributed by atoms with Crippen LogP contribution in [0, 0.1) is 6.92 Å². The first kappa shape index (κ1) is 18.7. The second kappa shape index (κ2) is 8.51. The molecule has 27 heavy (non-hydrogen) atoms. The van der Waals surface area contributed by atoms with Gasteiger partial charge in [0.25, 0.3) is 5.88 Å². The van der Waals surface area contributed by atoms with Crippen LogP contribution < -0.4 is 9.47 Å². The predicted molar refractivity (Wildman–Crippen MR) is 101 cm³/mol. The van der Waals surface area contributed by atoms with Crippen LogP contribution in [0.4, 0.5) is 4.79 Å². The number of aryl methyl sites for hydroxylation is 1. The van der Waals surface area contributed by atoms with Gasteiger partial charge in [0.15, 0.2) is 5.82 Å². The van der Waals surface area contributed by atoms with E-state index in [0.717, 1.165) is 11.1 Å². The Morgan fingerprint density at radius 2 is 1.89 bits per heavy atom. The van der Waals surface area contributed by atoms with Crippen LogP contribution in [0.3, 0.4) is 0 Å². The van der Waals surface area contributed by atoms with Gasteiger partial charge in [-0.1, -0.05) is 48.0 Å². The Balaban J connectivity index is 2.00. The maximum Gasteiger partial charge on any atom is 0.514 e. The molecule has 0 aliphatic heterocycles. The summed E-state index contributed by atoms with van der Waals surface area (Å²) in [5.41, 5.74) is 1.65. The predicted octanol–water partition coefficient (Wildman–Crippen LogP) is 5.43. The van der Waals surface area contributed by atoms with Gasteiger partial charge in [0.2, 0.25) is 5.75 Å². The molecule has 0 unspecified atom stereocenters. The van der Waals surface area contributed by atoms with Gasteiger partial charge in [-0.2, -0.15) is 4.98 Å². The summed E-state index contributed by atoms with van der Waals surface area (Å²) in [5, 5.41) is 0.515. The summed E-state index contributed by atoms with van der Waals surface area (Å²) in [6.45, 7) is 3.74. The zero-order valence-corrected chi connectivity index (χ0v) is 15.6. The van der Waals surface area contributed by atoms with Crippen molar-refractivity contribution in [1.82, 2.24) is 9.97 Å². The first-order valence-corrected chi connectivity index (χ1v) is 8.65. The molecule has 0 saturated carbocycles. The van der Waals surface area contributed by atoms with Crippen molar-refractivity contribution in [1.29, 1.82) is 0 Å². The smallest absolute Gasteiger partial charge is 0.435 e. The molecule has 1 heterocycles. The molecular weight excluding hydrogens is 368 g/mol. The first-order chi connectivity index (χ1) is 13.1. The standard InChI is InChI=1S/C20H17ClN2O4/c1-3-25-20(24)27-17-12-22-18(14-7-5-4-6-8-14)23-19(17)26-16-11-15(21)10-9-13(16)2/h4-12H,3H2,1-2H3. The molecule has 0 spiro atoms. The van der Waals surface area contributed by atoms with E-state index in [1.54, 1.807) is 19.1 Å². The largest absolute Gasteiger partial charge is 0.514 e. The van der Waals surface area contributed by atoms with E-state index in [9.17, 15) is 4.79 Å². The Hall–Kier alpha value is -3.12. The zero-order valence-electron chi connectivity index (χ0n) is 14.8. The number of carbonyl (C=O) groups excluding carboxylic acids is 1. The normalized spacial score (nSPS) is 10.3. The number of nitrogens with zero attached hydrogens (tertiary/aromatic N) is 2. The number of carbonyl (C=O) groups is 1. The molecule has 0 amide bonds. The van der Waals surface area contributed by atoms with E-state index in [0.29, 0.717) is 16.6 Å². The van der Waals surface area contributed by atoms with Gasteiger partial charge in [-0.25, -0.2) is 9.78 Å². The van der Waals surface area contributed by atoms with Crippen LogP contribution in [0.5, 0.6) is 17.4 Å². The van der Waals surface area contributed by atoms with E-state index >= 15 is 0 Å². The summed E-state index contributed by atoms with van der Waals surface area (Å²) < 4.78 is 15.9. The second-order valence-corrected chi connectivity index (χ2v) is 5.96. The summed E-state index contributed by atoms with van der Waals surface area (Å²) >= 11 is 6.06. The summed E-state index contributed by atoms with van der Waals surface area (Å²) in [5.74, 6) is 1.06. The van der Waals surface area contributed by atoms with Crippen LogP contribution in [0.25, 0.3) is 11.4 Å². The van der Waals surface area contributed by atoms with Crippen LogP contribution in [0.15, 0.2) is 54.7 Å². The summed E-state index contributed by atoms with van der Waals surface area (Å²) in [7, 11) is 0. The molecule has 7 heteroatoms. The minimum Gasteiger partial charge on any atom is -0.435 e. The van der Waals surface area contributed by atoms with Crippen LogP contribution in [-0.4, -0.2) is 22.7 Å². The first-order valence-electron chi connectivity index (χ1n) is 8.28. The number of benzene rings is 2. The summed E-state index contributed by atoms with van der Waals surface area (Å²) in [4.78, 5) is 20.4. The second-order valence-electron chi connectivity index (χ2n) is 5.53. The molecule has 0 aliphatic rings. The van der Waals surface area contributed by atoms with E-state index in [-0.39, 0.29) is 18.2 Å². The fourth-order valence-electron chi connectivity index (χ4n) is 2.25. The highest BCUT2D eigenvalue weighted by Crippen LogP contribution is 2.34. The van der Waals surface area contributed by atoms with Gasteiger partial charge >= 0.3 is 6.16 Å². The highest BCUT2D eigenvalue weighted by Gasteiger charge is 2.17. The number of rotatable bonds is 5. The van der Waals surface area contributed by atoms with Crippen molar-refractivity contribution in [2.45, 2.75) is 13.8 Å². The van der Waals surface area contributed by atoms with Crippen molar-refractivity contribution in [3.8, 4) is 28.8 Å². The maximum absolute atomic E-state index is 11.7. The average molecular weight is 385 g/mol. The minimum atomic E-state index is -0.860. The number of hydrogen-bond donors (Lipinski definition) is 0. The minimum absolute atomic E-state index is 0.0486. The molecule has 0 bridgehead atoms. The molecule has 2 aromatic carbocycles. The van der Waals surface area contributed by atoms with E-state index in [4.69, 9.17) is 25.8 Å². The van der Waals surface area contributed by atoms with Crippen molar-refractivity contribution in [2.24, 2.45) is 0 Å². The van der Waals surface area contributed by atoms with Crippen molar-refractivity contribution >= 4 is 17.8 Å². The third-order valence-electron chi connectivity index (χ3n) is 3.57. The van der Waals surface area contributed by atoms with Gasteiger partial charge in [-0.05, 0) is 31.5 Å². The third-order valence-corrected chi connectivity index (χ3v) is 3.80. The molecule has 3 aromatic rings. The molecule has 1 aromatic heterocycles. The Bertz CT molecular complexity index is 948. The van der Waals surface area contributed by atoms with E-state index in [1.807, 2.05) is 43.3 Å². The lowest BCUT2D eigenvalue weighted by Gasteiger charge is -2.13. The van der Waals surface area contributed by atoms with E-state index in [1.165, 1.54) is 6.20 Å². The monoisotopic (exact) mass is 384 g/mol. The van der Waals surface area contributed by atoms with Crippen molar-refractivity contribution < 1.29 is 19.0 Å². The molecule has 0 atom stereocenters. The topological polar surface area (TPSA) is 70.5 Å². The van der Waals surface area contributed by atoms with Crippen LogP contribution >= 0.6 is 11.6 Å². The van der Waals surface area contributed by atoms with Crippen molar-refractivity contribution in [3.05, 3.63) is 65.3 Å². The fourth-order valence-corrected chi connectivity index (χ4v) is 2.41. The molecule has 3 rings (SSSR count). The van der Waals surface area contributed by atoms with Gasteiger partial charge in [0.05, 0.1) is 12.8 Å². The van der Waals surface area contributed by atoms with E-state index in [2.05, 4.69) is 9.97 Å². The van der Waals surface area contributed by atoms with Gasteiger partial charge < -0.3 is 14.2 Å². The van der Waals surface area contributed by atoms with E-state index < -0.39 is 6.16 Å². The maximum atomic E-state index is 11.7. The number of aromatic nitrogens is 2. The van der Waals surface area contributed by atoms with Crippen LogP contribution in [-0.2, 0) is 4.74 Å². The molecule has 0 radical (unpaired) electrons. The lowest BCUT2D eigenvalue weighted by atomic mass is 10.2. The summed E-state index contributed by atoms with van der Waals surface area (Å²) in [6, 6.07) is 14.6. The van der Waals surface area contributed by atoms with Crippen LogP contribution in [0.2, 0.25) is 5.02 Å². The van der Waals surface area contributed by atoms with Gasteiger partial charge in [-0.3, -0.25) is 0 Å². The molecular formula is C20H17ClN2O4. The number of ether oxygens (including phenoxy) is 3. The highest BCUT2D eigenvalue weighted by atomic mass is 35.5. The molecule has 6 nitrogen and oxygen atoms in total. The number of halogens is 1. The molecule has 0 fully saturated rings. The zero-order chi connectivity index (χ0) is 19.2. The lowest BCUT2D eigenvalue weighted by Crippen LogP contribution is -2.11.